The van der Waals surface area contributed by atoms with Crippen LogP contribution in [0.1, 0.15) is 5.56 Å². The Labute approximate surface area is 150 Å². The Morgan fingerprint density at radius 3 is 2.81 bits per heavy atom. The summed E-state index contributed by atoms with van der Waals surface area (Å²) in [6.07, 6.45) is 1.19. The molecule has 0 spiro atoms. The van der Waals surface area contributed by atoms with Crippen LogP contribution in [0.15, 0.2) is 60.8 Å². The topological polar surface area (TPSA) is 79.4 Å². The van der Waals surface area contributed by atoms with Crippen molar-refractivity contribution in [2.45, 2.75) is 19.3 Å². The number of rotatable bonds is 5. The van der Waals surface area contributed by atoms with E-state index in [2.05, 4.69) is 29.2 Å². The van der Waals surface area contributed by atoms with E-state index in [0.29, 0.717) is 19.8 Å². The number of fused-ring (bicyclic) bond motifs is 1. The van der Waals surface area contributed by atoms with Gasteiger partial charge in [-0.1, -0.05) is 48.5 Å². The number of ether oxygens (including phenoxy) is 2. The van der Waals surface area contributed by atoms with Gasteiger partial charge < -0.3 is 19.6 Å². The maximum Gasteiger partial charge on any atom is 0.414 e. The fourth-order valence-corrected chi connectivity index (χ4v) is 2.95. The minimum atomic E-state index is -0.528. The largest absolute Gasteiger partial charge is 0.443 e. The van der Waals surface area contributed by atoms with E-state index in [1.54, 1.807) is 4.57 Å². The van der Waals surface area contributed by atoms with Crippen LogP contribution in [0.25, 0.3) is 11.1 Å². The van der Waals surface area contributed by atoms with Gasteiger partial charge in [0.05, 0.1) is 13.2 Å². The molecule has 4 rings (SSSR count). The molecular weight excluding hydrogens is 334 g/mol. The molecule has 132 valence electrons. The van der Waals surface area contributed by atoms with E-state index in [1.807, 2.05) is 30.3 Å². The smallest absolute Gasteiger partial charge is 0.414 e. The van der Waals surface area contributed by atoms with Crippen molar-refractivity contribution in [3.8, 4) is 17.1 Å². The zero-order chi connectivity index (χ0) is 17.9. The Morgan fingerprint density at radius 1 is 1.19 bits per heavy atom. The third kappa shape index (κ3) is 3.43. The van der Waals surface area contributed by atoms with Gasteiger partial charge in [-0.2, -0.15) is 0 Å². The molecule has 0 N–H and O–H groups in total. The van der Waals surface area contributed by atoms with Gasteiger partial charge >= 0.3 is 11.8 Å². The Morgan fingerprint density at radius 2 is 2.00 bits per heavy atom. The summed E-state index contributed by atoms with van der Waals surface area (Å²) in [6, 6.07) is 18.6. The lowest BCUT2D eigenvalue weighted by molar-refractivity contribution is -0.389. The maximum atomic E-state index is 10.8. The molecule has 0 fully saturated rings. The molecule has 0 bridgehead atoms. The molecule has 3 aromatic rings. The van der Waals surface area contributed by atoms with E-state index in [9.17, 15) is 10.1 Å². The molecule has 2 heterocycles. The lowest BCUT2D eigenvalue weighted by Gasteiger charge is -2.22. The third-order valence-corrected chi connectivity index (χ3v) is 4.23. The normalized spacial score (nSPS) is 15.9. The molecule has 26 heavy (non-hydrogen) atoms. The average Bonchev–Trinajstić information content (AvgIpc) is 3.11. The van der Waals surface area contributed by atoms with E-state index in [0.717, 1.165) is 16.7 Å². The van der Waals surface area contributed by atoms with Crippen LogP contribution in [-0.4, -0.2) is 27.2 Å². The van der Waals surface area contributed by atoms with Crippen LogP contribution in [0, 0.1) is 10.1 Å². The minimum Gasteiger partial charge on any atom is -0.443 e. The zero-order valence-corrected chi connectivity index (χ0v) is 13.9. The number of aromatic nitrogens is 2. The predicted octanol–water partition coefficient (Wildman–Crippen LogP) is 3.44. The van der Waals surface area contributed by atoms with Crippen LogP contribution >= 0.6 is 0 Å². The summed E-state index contributed by atoms with van der Waals surface area (Å²) >= 11 is 0. The summed E-state index contributed by atoms with van der Waals surface area (Å²) < 4.78 is 13.0. The van der Waals surface area contributed by atoms with Crippen LogP contribution < -0.4 is 4.74 Å². The second-order valence-electron chi connectivity index (χ2n) is 6.10. The highest BCUT2D eigenvalue weighted by molar-refractivity contribution is 5.63. The van der Waals surface area contributed by atoms with Crippen molar-refractivity contribution in [3.05, 3.63) is 76.5 Å². The van der Waals surface area contributed by atoms with Crippen LogP contribution in [-0.2, 0) is 17.9 Å². The SMILES string of the molecule is O=[N+]([O-])c1cn2c(n1)OC[C@@H](OCc1cccc(-c3ccccc3)c1)C2. The molecule has 7 nitrogen and oxygen atoms in total. The molecule has 7 heteroatoms. The molecule has 1 atom stereocenters. The van der Waals surface area contributed by atoms with E-state index >= 15 is 0 Å². The van der Waals surface area contributed by atoms with Crippen LogP contribution in [0.3, 0.4) is 0 Å². The van der Waals surface area contributed by atoms with Crippen LogP contribution in [0.2, 0.25) is 0 Å². The molecule has 1 aromatic heterocycles. The predicted molar refractivity (Wildman–Crippen MR) is 94.8 cm³/mol. The second-order valence-corrected chi connectivity index (χ2v) is 6.10. The van der Waals surface area contributed by atoms with Gasteiger partial charge in [0.2, 0.25) is 0 Å². The average molecular weight is 351 g/mol. The molecule has 0 unspecified atom stereocenters. The number of nitrogens with zero attached hydrogens (tertiary/aromatic N) is 3. The fraction of sp³-hybridized carbons (Fsp3) is 0.211. The van der Waals surface area contributed by atoms with Gasteiger partial charge in [-0.05, 0) is 27.7 Å². The first-order valence-corrected chi connectivity index (χ1v) is 8.29. The van der Waals surface area contributed by atoms with Crippen molar-refractivity contribution in [1.29, 1.82) is 0 Å². The van der Waals surface area contributed by atoms with Crippen LogP contribution in [0.4, 0.5) is 5.82 Å². The highest BCUT2D eigenvalue weighted by Gasteiger charge is 2.28. The lowest BCUT2D eigenvalue weighted by atomic mass is 10.0. The van der Waals surface area contributed by atoms with Crippen molar-refractivity contribution >= 4 is 5.82 Å². The Bertz CT molecular complexity index is 924. The van der Waals surface area contributed by atoms with E-state index in [4.69, 9.17) is 9.47 Å². The number of benzene rings is 2. The van der Waals surface area contributed by atoms with Gasteiger partial charge in [0, 0.05) is 4.98 Å². The Hall–Kier alpha value is -3.19. The van der Waals surface area contributed by atoms with Gasteiger partial charge in [-0.25, -0.2) is 0 Å². The molecule has 2 aromatic carbocycles. The van der Waals surface area contributed by atoms with Crippen molar-refractivity contribution in [3.63, 3.8) is 0 Å². The van der Waals surface area contributed by atoms with Crippen molar-refractivity contribution in [2.75, 3.05) is 6.61 Å². The summed E-state index contributed by atoms with van der Waals surface area (Å²) in [5.41, 5.74) is 3.36. The lowest BCUT2D eigenvalue weighted by Crippen LogP contribution is -2.32. The molecule has 0 saturated carbocycles. The monoisotopic (exact) mass is 351 g/mol. The van der Waals surface area contributed by atoms with E-state index < -0.39 is 4.92 Å². The highest BCUT2D eigenvalue weighted by Crippen LogP contribution is 2.24. The van der Waals surface area contributed by atoms with E-state index in [-0.39, 0.29) is 17.9 Å². The first-order valence-electron chi connectivity index (χ1n) is 8.29. The summed E-state index contributed by atoms with van der Waals surface area (Å²) in [5.74, 6) is -0.212. The maximum absolute atomic E-state index is 10.8. The highest BCUT2D eigenvalue weighted by atomic mass is 16.6. The van der Waals surface area contributed by atoms with Gasteiger partial charge in [0.25, 0.3) is 0 Å². The molecule has 0 saturated heterocycles. The van der Waals surface area contributed by atoms with E-state index in [1.165, 1.54) is 6.20 Å². The van der Waals surface area contributed by atoms with Crippen LogP contribution in [0.5, 0.6) is 6.01 Å². The summed E-state index contributed by atoms with van der Waals surface area (Å²) in [4.78, 5) is 14.1. The first-order chi connectivity index (χ1) is 12.7. The summed E-state index contributed by atoms with van der Waals surface area (Å²) in [6.45, 7) is 1.25. The second kappa shape index (κ2) is 6.97. The number of hydrogen-bond acceptors (Lipinski definition) is 5. The molecule has 0 amide bonds. The molecule has 0 aliphatic carbocycles. The Balaban J connectivity index is 1.41. The number of hydrogen-bond donors (Lipinski definition) is 0. The first kappa shape index (κ1) is 16.3. The molecular formula is C19H17N3O4. The summed E-state index contributed by atoms with van der Waals surface area (Å²) in [7, 11) is 0. The molecule has 1 aliphatic rings. The standard InChI is InChI=1S/C19H17N3O4/c23-22(24)18-11-21-10-17(13-26-19(21)20-18)25-12-14-5-4-8-16(9-14)15-6-2-1-3-7-15/h1-9,11,17H,10,12-13H2/t17-/m0/s1. The quantitative estimate of drug-likeness (QED) is 0.520. The summed E-state index contributed by atoms with van der Waals surface area (Å²) in [5, 5.41) is 10.8. The zero-order valence-electron chi connectivity index (χ0n) is 13.9. The molecule has 1 aliphatic heterocycles. The van der Waals surface area contributed by atoms with Gasteiger partial charge in [-0.15, -0.1) is 0 Å². The van der Waals surface area contributed by atoms with Crippen molar-refractivity contribution in [1.82, 2.24) is 9.55 Å². The minimum absolute atomic E-state index is 0.184. The van der Waals surface area contributed by atoms with Gasteiger partial charge in [0.1, 0.15) is 18.9 Å². The van der Waals surface area contributed by atoms with Gasteiger partial charge in [-0.3, -0.25) is 4.57 Å². The van der Waals surface area contributed by atoms with Crippen molar-refractivity contribution < 1.29 is 14.4 Å². The Kier molecular flexibility index (Phi) is 4.37. The number of imidazole rings is 1. The fourth-order valence-electron chi connectivity index (χ4n) is 2.95. The molecule has 0 radical (unpaired) electrons. The third-order valence-electron chi connectivity index (χ3n) is 4.23. The van der Waals surface area contributed by atoms with Crippen molar-refractivity contribution in [2.24, 2.45) is 0 Å². The van der Waals surface area contributed by atoms with Gasteiger partial charge in [0.15, 0.2) is 0 Å². The number of nitro groups is 1.